The van der Waals surface area contributed by atoms with Crippen LogP contribution in [-0.2, 0) is 13.5 Å². The molecule has 0 spiro atoms. The highest BCUT2D eigenvalue weighted by atomic mass is 15.0. The third-order valence-corrected chi connectivity index (χ3v) is 4.13. The minimum Gasteiger partial charge on any atom is -0.264 e. The van der Waals surface area contributed by atoms with Crippen LogP contribution in [-0.4, -0.2) is 9.97 Å². The molecule has 2 heterocycles. The summed E-state index contributed by atoms with van der Waals surface area (Å²) in [6.45, 7) is 2.13. The van der Waals surface area contributed by atoms with Gasteiger partial charge in [0.1, 0.15) is 0 Å². The van der Waals surface area contributed by atoms with Crippen molar-refractivity contribution in [2.75, 3.05) is 0 Å². The maximum absolute atomic E-state index is 4.96. The maximum atomic E-state index is 4.96. The minimum atomic E-state index is 0.924. The fourth-order valence-corrected chi connectivity index (χ4v) is 3.05. The Morgan fingerprint density at radius 1 is 1.05 bits per heavy atom. The van der Waals surface area contributed by atoms with Crippen LogP contribution in [0.5, 0.6) is 0 Å². The standard InChI is InChI=1S/C18H16N3/c1-12-5-3-4-6-15(12)18-20-17-14(11-21(18)2)9-13-10-19-8-7-16(13)17/h3-8,10-11H,9H2,1-2H3/q+1. The Bertz CT molecular complexity index is 853. The molecule has 0 radical (unpaired) electrons. The summed E-state index contributed by atoms with van der Waals surface area (Å²) in [5.74, 6) is 1.01. The predicted octanol–water partition coefficient (Wildman–Crippen LogP) is 2.85. The molecule has 102 valence electrons. The average Bonchev–Trinajstić information content (AvgIpc) is 2.84. The summed E-state index contributed by atoms with van der Waals surface area (Å²) in [6, 6.07) is 10.5. The molecule has 4 rings (SSSR count). The van der Waals surface area contributed by atoms with Gasteiger partial charge < -0.3 is 0 Å². The van der Waals surface area contributed by atoms with Gasteiger partial charge in [0.2, 0.25) is 0 Å². The number of benzene rings is 1. The number of rotatable bonds is 1. The first-order chi connectivity index (χ1) is 10.2. The van der Waals surface area contributed by atoms with Crippen molar-refractivity contribution in [2.24, 2.45) is 7.05 Å². The van der Waals surface area contributed by atoms with Crippen LogP contribution < -0.4 is 4.57 Å². The fraction of sp³-hybridized carbons (Fsp3) is 0.167. The highest BCUT2D eigenvalue weighted by molar-refractivity contribution is 5.73. The first kappa shape index (κ1) is 12.2. The lowest BCUT2D eigenvalue weighted by Crippen LogP contribution is -2.33. The molecule has 3 heteroatoms. The Hall–Kier alpha value is -2.55. The summed E-state index contributed by atoms with van der Waals surface area (Å²) < 4.78 is 2.13. The molecular formula is C18H16N3+. The van der Waals surface area contributed by atoms with Crippen LogP contribution in [0.15, 0.2) is 48.9 Å². The highest BCUT2D eigenvalue weighted by Crippen LogP contribution is 2.34. The van der Waals surface area contributed by atoms with Gasteiger partial charge in [-0.1, -0.05) is 18.2 Å². The van der Waals surface area contributed by atoms with E-state index in [1.807, 2.05) is 12.4 Å². The SMILES string of the molecule is Cc1ccccc1-c1nc2c(c[n+]1C)Cc1cnccc1-2. The van der Waals surface area contributed by atoms with Crippen LogP contribution in [0.4, 0.5) is 0 Å². The number of pyridine rings is 1. The molecule has 0 fully saturated rings. The Morgan fingerprint density at radius 2 is 1.90 bits per heavy atom. The van der Waals surface area contributed by atoms with Crippen molar-refractivity contribution in [3.63, 3.8) is 0 Å². The van der Waals surface area contributed by atoms with E-state index in [0.717, 1.165) is 17.9 Å². The van der Waals surface area contributed by atoms with Crippen molar-refractivity contribution < 1.29 is 4.57 Å². The molecular weight excluding hydrogens is 258 g/mol. The summed E-state index contributed by atoms with van der Waals surface area (Å²) >= 11 is 0. The number of hydrogen-bond donors (Lipinski definition) is 0. The van der Waals surface area contributed by atoms with Crippen molar-refractivity contribution >= 4 is 0 Å². The Morgan fingerprint density at radius 3 is 2.76 bits per heavy atom. The summed E-state index contributed by atoms with van der Waals surface area (Å²) in [6.07, 6.45) is 6.91. The van der Waals surface area contributed by atoms with Gasteiger partial charge in [-0.25, -0.2) is 4.57 Å². The molecule has 21 heavy (non-hydrogen) atoms. The van der Waals surface area contributed by atoms with E-state index >= 15 is 0 Å². The molecule has 0 saturated heterocycles. The van der Waals surface area contributed by atoms with Crippen LogP contribution in [0.2, 0.25) is 0 Å². The zero-order valence-electron chi connectivity index (χ0n) is 12.2. The summed E-state index contributed by atoms with van der Waals surface area (Å²) in [7, 11) is 2.07. The molecule has 0 atom stereocenters. The van der Waals surface area contributed by atoms with Crippen molar-refractivity contribution in [1.29, 1.82) is 0 Å². The molecule has 0 bridgehead atoms. The molecule has 3 aromatic rings. The van der Waals surface area contributed by atoms with Crippen molar-refractivity contribution in [3.8, 4) is 22.6 Å². The lowest BCUT2D eigenvalue weighted by Gasteiger charge is -2.04. The monoisotopic (exact) mass is 274 g/mol. The van der Waals surface area contributed by atoms with Crippen LogP contribution in [0.25, 0.3) is 22.6 Å². The second-order valence-corrected chi connectivity index (χ2v) is 5.57. The molecule has 0 N–H and O–H groups in total. The maximum Gasteiger partial charge on any atom is 0.331 e. The lowest BCUT2D eigenvalue weighted by molar-refractivity contribution is -0.663. The van der Waals surface area contributed by atoms with Gasteiger partial charge in [0, 0.05) is 29.9 Å². The molecule has 3 nitrogen and oxygen atoms in total. The van der Waals surface area contributed by atoms with Crippen LogP contribution >= 0.6 is 0 Å². The van der Waals surface area contributed by atoms with E-state index in [1.165, 1.54) is 27.8 Å². The zero-order chi connectivity index (χ0) is 14.4. The molecule has 2 aromatic heterocycles. The fourth-order valence-electron chi connectivity index (χ4n) is 3.05. The lowest BCUT2D eigenvalue weighted by atomic mass is 10.1. The molecule has 1 aliphatic carbocycles. The van der Waals surface area contributed by atoms with Crippen LogP contribution in [0.1, 0.15) is 16.7 Å². The molecule has 0 unspecified atom stereocenters. The van der Waals surface area contributed by atoms with E-state index in [9.17, 15) is 0 Å². The number of nitrogens with zero attached hydrogens (tertiary/aromatic N) is 3. The van der Waals surface area contributed by atoms with Gasteiger partial charge in [0.15, 0.2) is 5.69 Å². The largest absolute Gasteiger partial charge is 0.331 e. The quantitative estimate of drug-likeness (QED) is 0.500. The first-order valence-electron chi connectivity index (χ1n) is 7.13. The first-order valence-corrected chi connectivity index (χ1v) is 7.13. The third kappa shape index (κ3) is 1.85. The zero-order valence-corrected chi connectivity index (χ0v) is 12.2. The van der Waals surface area contributed by atoms with Crippen LogP contribution in [0, 0.1) is 6.92 Å². The normalized spacial score (nSPS) is 12.1. The van der Waals surface area contributed by atoms with E-state index in [-0.39, 0.29) is 0 Å². The summed E-state index contributed by atoms with van der Waals surface area (Å²) in [5, 5.41) is 0. The average molecular weight is 274 g/mol. The Labute approximate surface area is 124 Å². The topological polar surface area (TPSA) is 29.7 Å². The minimum absolute atomic E-state index is 0.924. The smallest absolute Gasteiger partial charge is 0.264 e. The second kappa shape index (κ2) is 4.48. The Kier molecular flexibility index (Phi) is 2.61. The van der Waals surface area contributed by atoms with E-state index < -0.39 is 0 Å². The molecule has 0 saturated carbocycles. The van der Waals surface area contributed by atoms with Crippen molar-refractivity contribution in [3.05, 3.63) is 65.6 Å². The van der Waals surface area contributed by atoms with Gasteiger partial charge in [-0.05, 0) is 35.2 Å². The van der Waals surface area contributed by atoms with Gasteiger partial charge >= 0.3 is 5.82 Å². The number of hydrogen-bond acceptors (Lipinski definition) is 2. The highest BCUT2D eigenvalue weighted by Gasteiger charge is 2.28. The van der Waals surface area contributed by atoms with E-state index in [2.05, 4.69) is 60.1 Å². The van der Waals surface area contributed by atoms with Crippen LogP contribution in [0.3, 0.4) is 0 Å². The predicted molar refractivity (Wildman–Crippen MR) is 81.6 cm³/mol. The summed E-state index contributed by atoms with van der Waals surface area (Å²) in [5.41, 5.74) is 7.29. The van der Waals surface area contributed by atoms with Gasteiger partial charge in [-0.15, -0.1) is 0 Å². The van der Waals surface area contributed by atoms with Gasteiger partial charge in [-0.3, -0.25) is 4.98 Å². The summed E-state index contributed by atoms with van der Waals surface area (Å²) in [4.78, 5) is 9.18. The van der Waals surface area contributed by atoms with Gasteiger partial charge in [-0.2, -0.15) is 0 Å². The van der Waals surface area contributed by atoms with Crippen molar-refractivity contribution in [1.82, 2.24) is 9.97 Å². The van der Waals surface area contributed by atoms with Crippen molar-refractivity contribution in [2.45, 2.75) is 13.3 Å². The van der Waals surface area contributed by atoms with Gasteiger partial charge in [0.05, 0.1) is 18.8 Å². The molecule has 1 aliphatic rings. The van der Waals surface area contributed by atoms with Gasteiger partial charge in [0.25, 0.3) is 0 Å². The van der Waals surface area contributed by atoms with E-state index in [0.29, 0.717) is 0 Å². The second-order valence-electron chi connectivity index (χ2n) is 5.57. The molecule has 0 amide bonds. The number of aryl methyl sites for hydroxylation is 2. The molecule has 0 aliphatic heterocycles. The number of aromatic nitrogens is 3. The third-order valence-electron chi connectivity index (χ3n) is 4.13. The number of fused-ring (bicyclic) bond motifs is 3. The van der Waals surface area contributed by atoms with E-state index in [1.54, 1.807) is 0 Å². The molecule has 1 aromatic carbocycles. The Balaban J connectivity index is 1.96. The van der Waals surface area contributed by atoms with E-state index in [4.69, 9.17) is 4.98 Å².